The Balaban J connectivity index is 1.61. The summed E-state index contributed by atoms with van der Waals surface area (Å²) < 4.78 is 0. The van der Waals surface area contributed by atoms with Crippen molar-refractivity contribution in [2.45, 2.75) is 19.4 Å². The second kappa shape index (κ2) is 7.58. The molecule has 2 aromatic rings. The molecule has 0 radical (unpaired) electrons. The molecule has 2 N–H and O–H groups in total. The zero-order valence-electron chi connectivity index (χ0n) is 14.2. The lowest BCUT2D eigenvalue weighted by Crippen LogP contribution is -2.45. The van der Waals surface area contributed by atoms with Gasteiger partial charge in [0.1, 0.15) is 6.04 Å². The lowest BCUT2D eigenvalue weighted by atomic mass is 10.2. The Hall–Kier alpha value is -2.86. The van der Waals surface area contributed by atoms with Crippen LogP contribution < -0.4 is 15.5 Å². The van der Waals surface area contributed by atoms with Gasteiger partial charge in [-0.1, -0.05) is 41.4 Å². The molecule has 1 heterocycles. The summed E-state index contributed by atoms with van der Waals surface area (Å²) in [5, 5.41) is 5.47. The van der Waals surface area contributed by atoms with Gasteiger partial charge in [-0.15, -0.1) is 0 Å². The first-order valence-corrected chi connectivity index (χ1v) is 8.58. The van der Waals surface area contributed by atoms with E-state index < -0.39 is 17.9 Å². The number of carbonyl (C=O) groups excluding carboxylic acids is 3. The number of hydrogen-bond donors (Lipinski definition) is 2. The van der Waals surface area contributed by atoms with Crippen LogP contribution in [0.5, 0.6) is 0 Å². The number of hydrogen-bond acceptors (Lipinski definition) is 3. The second-order valence-corrected chi connectivity index (χ2v) is 6.48. The Morgan fingerprint density at radius 3 is 2.46 bits per heavy atom. The van der Waals surface area contributed by atoms with Gasteiger partial charge in [0.2, 0.25) is 5.91 Å². The Bertz CT molecular complexity index is 851. The number of amides is 3. The third-order valence-corrected chi connectivity index (χ3v) is 4.49. The van der Waals surface area contributed by atoms with Crippen molar-refractivity contribution in [3.63, 3.8) is 0 Å². The fourth-order valence-electron chi connectivity index (χ4n) is 2.77. The Labute approximate surface area is 156 Å². The quantitative estimate of drug-likeness (QED) is 0.814. The van der Waals surface area contributed by atoms with E-state index in [4.69, 9.17) is 11.6 Å². The van der Waals surface area contributed by atoms with E-state index in [9.17, 15) is 14.4 Å². The topological polar surface area (TPSA) is 78.5 Å². The molecule has 7 heteroatoms. The van der Waals surface area contributed by atoms with E-state index in [1.54, 1.807) is 36.4 Å². The van der Waals surface area contributed by atoms with E-state index in [-0.39, 0.29) is 5.91 Å². The molecule has 3 rings (SSSR count). The monoisotopic (exact) mass is 371 g/mol. The van der Waals surface area contributed by atoms with Crippen molar-refractivity contribution in [3.05, 3.63) is 59.1 Å². The zero-order chi connectivity index (χ0) is 18.7. The van der Waals surface area contributed by atoms with Crippen LogP contribution in [0, 0.1) is 6.92 Å². The van der Waals surface area contributed by atoms with E-state index in [0.717, 1.165) is 5.56 Å². The number of nitrogens with zero attached hydrogens (tertiary/aromatic N) is 1. The van der Waals surface area contributed by atoms with Crippen molar-refractivity contribution in [2.75, 3.05) is 16.8 Å². The van der Waals surface area contributed by atoms with Gasteiger partial charge in [0.05, 0.1) is 10.7 Å². The standard InChI is InChI=1S/C19H18ClN3O3/c1-12-6-8-13(9-7-12)21-17(24)18(25)22-15-10-11-23(19(15)26)16-5-3-2-4-14(16)20/h2-9,15H,10-11H2,1H3,(H,21,24)(H,22,25). The third-order valence-electron chi connectivity index (χ3n) is 4.17. The Morgan fingerprint density at radius 1 is 1.08 bits per heavy atom. The molecule has 134 valence electrons. The summed E-state index contributed by atoms with van der Waals surface area (Å²) in [6, 6.07) is 13.3. The molecule has 2 aromatic carbocycles. The van der Waals surface area contributed by atoms with Gasteiger partial charge < -0.3 is 15.5 Å². The summed E-state index contributed by atoms with van der Waals surface area (Å²) in [5.74, 6) is -1.93. The minimum atomic E-state index is -0.843. The molecule has 1 fully saturated rings. The number of para-hydroxylation sites is 1. The van der Waals surface area contributed by atoms with E-state index in [2.05, 4.69) is 10.6 Å². The van der Waals surface area contributed by atoms with E-state index in [1.165, 1.54) is 4.90 Å². The van der Waals surface area contributed by atoms with E-state index >= 15 is 0 Å². The molecule has 6 nitrogen and oxygen atoms in total. The molecule has 0 saturated carbocycles. The number of anilines is 2. The average molecular weight is 372 g/mol. The molecule has 1 atom stereocenters. The van der Waals surface area contributed by atoms with Gasteiger partial charge in [-0.2, -0.15) is 0 Å². The maximum atomic E-state index is 12.5. The van der Waals surface area contributed by atoms with Gasteiger partial charge in [0, 0.05) is 12.2 Å². The molecule has 1 unspecified atom stereocenters. The average Bonchev–Trinajstić information content (AvgIpc) is 2.98. The van der Waals surface area contributed by atoms with Gasteiger partial charge >= 0.3 is 11.8 Å². The molecular formula is C19H18ClN3O3. The molecule has 1 aliphatic heterocycles. The van der Waals surface area contributed by atoms with E-state index in [1.807, 2.05) is 19.1 Å². The van der Waals surface area contributed by atoms with Crippen molar-refractivity contribution < 1.29 is 14.4 Å². The molecule has 0 spiro atoms. The molecular weight excluding hydrogens is 354 g/mol. The van der Waals surface area contributed by atoms with Crippen LogP contribution in [0.1, 0.15) is 12.0 Å². The number of nitrogens with one attached hydrogen (secondary N) is 2. The highest BCUT2D eigenvalue weighted by Gasteiger charge is 2.35. The number of rotatable bonds is 3. The molecule has 0 aromatic heterocycles. The highest BCUT2D eigenvalue weighted by Crippen LogP contribution is 2.28. The SMILES string of the molecule is Cc1ccc(NC(=O)C(=O)NC2CCN(c3ccccc3Cl)C2=O)cc1. The van der Waals surface area contributed by atoms with Crippen LogP contribution in [0.4, 0.5) is 11.4 Å². The summed E-state index contributed by atoms with van der Waals surface area (Å²) in [5.41, 5.74) is 2.16. The number of aryl methyl sites for hydroxylation is 1. The lowest BCUT2D eigenvalue weighted by Gasteiger charge is -2.18. The third kappa shape index (κ3) is 3.86. The van der Waals surface area contributed by atoms with Gasteiger partial charge in [0.15, 0.2) is 0 Å². The summed E-state index contributed by atoms with van der Waals surface area (Å²) in [6.07, 6.45) is 0.410. The molecule has 0 aliphatic carbocycles. The van der Waals surface area contributed by atoms with Crippen molar-refractivity contribution in [1.82, 2.24) is 5.32 Å². The zero-order valence-corrected chi connectivity index (χ0v) is 14.9. The first kappa shape index (κ1) is 17.9. The highest BCUT2D eigenvalue weighted by atomic mass is 35.5. The van der Waals surface area contributed by atoms with Gasteiger partial charge in [-0.3, -0.25) is 14.4 Å². The van der Waals surface area contributed by atoms with Gasteiger partial charge in [-0.05, 0) is 37.6 Å². The maximum Gasteiger partial charge on any atom is 0.313 e. The molecule has 26 heavy (non-hydrogen) atoms. The fourth-order valence-corrected chi connectivity index (χ4v) is 3.01. The molecule has 1 saturated heterocycles. The Kier molecular flexibility index (Phi) is 5.23. The fraction of sp³-hybridized carbons (Fsp3) is 0.211. The van der Waals surface area contributed by atoms with Crippen molar-refractivity contribution in [3.8, 4) is 0 Å². The van der Waals surface area contributed by atoms with Crippen LogP contribution in [-0.4, -0.2) is 30.3 Å². The van der Waals surface area contributed by atoms with E-state index in [0.29, 0.717) is 29.4 Å². The first-order valence-electron chi connectivity index (χ1n) is 8.20. The predicted octanol–water partition coefficient (Wildman–Crippen LogP) is 2.51. The summed E-state index contributed by atoms with van der Waals surface area (Å²) in [6.45, 7) is 2.35. The lowest BCUT2D eigenvalue weighted by molar-refractivity contribution is -0.137. The minimum Gasteiger partial charge on any atom is -0.336 e. The maximum absolute atomic E-state index is 12.5. The Morgan fingerprint density at radius 2 is 1.77 bits per heavy atom. The minimum absolute atomic E-state index is 0.283. The summed E-state index contributed by atoms with van der Waals surface area (Å²) in [4.78, 5) is 38.2. The predicted molar refractivity (Wildman–Crippen MR) is 100 cm³/mol. The summed E-state index contributed by atoms with van der Waals surface area (Å²) in [7, 11) is 0. The smallest absolute Gasteiger partial charge is 0.313 e. The second-order valence-electron chi connectivity index (χ2n) is 6.08. The van der Waals surface area contributed by atoms with Crippen molar-refractivity contribution >= 4 is 40.7 Å². The first-order chi connectivity index (χ1) is 12.5. The van der Waals surface area contributed by atoms with Crippen LogP contribution in [-0.2, 0) is 14.4 Å². The normalized spacial score (nSPS) is 16.5. The van der Waals surface area contributed by atoms with Crippen LogP contribution in [0.2, 0.25) is 5.02 Å². The van der Waals surface area contributed by atoms with Gasteiger partial charge in [0.25, 0.3) is 0 Å². The van der Waals surface area contributed by atoms with Crippen molar-refractivity contribution in [1.29, 1.82) is 0 Å². The highest BCUT2D eigenvalue weighted by molar-refractivity contribution is 6.40. The molecule has 3 amide bonds. The van der Waals surface area contributed by atoms with Gasteiger partial charge in [-0.25, -0.2) is 0 Å². The molecule has 0 bridgehead atoms. The molecule has 1 aliphatic rings. The number of carbonyl (C=O) groups is 3. The van der Waals surface area contributed by atoms with Crippen LogP contribution >= 0.6 is 11.6 Å². The van der Waals surface area contributed by atoms with Crippen LogP contribution in [0.3, 0.4) is 0 Å². The number of halogens is 1. The van der Waals surface area contributed by atoms with Crippen molar-refractivity contribution in [2.24, 2.45) is 0 Å². The number of benzene rings is 2. The summed E-state index contributed by atoms with van der Waals surface area (Å²) >= 11 is 6.13. The van der Waals surface area contributed by atoms with Crippen LogP contribution in [0.15, 0.2) is 48.5 Å². The van der Waals surface area contributed by atoms with Crippen LogP contribution in [0.25, 0.3) is 0 Å². The largest absolute Gasteiger partial charge is 0.336 e.